The zero-order valence-corrected chi connectivity index (χ0v) is 8.41. The molecule has 1 amide bonds. The largest absolute Gasteiger partial charge is 0.355 e. The molecule has 0 radical (unpaired) electrons. The summed E-state index contributed by atoms with van der Waals surface area (Å²) in [6.07, 6.45) is 3.84. The van der Waals surface area contributed by atoms with E-state index < -0.39 is 0 Å². The maximum absolute atomic E-state index is 10.8. The molecule has 1 fully saturated rings. The second-order valence-electron chi connectivity index (χ2n) is 3.57. The summed E-state index contributed by atoms with van der Waals surface area (Å²) in [5, 5.41) is 3.31. The smallest absolute Gasteiger partial charge is 0.230 e. The van der Waals surface area contributed by atoms with Crippen LogP contribution in [-0.4, -0.2) is 17.8 Å². The molecule has 0 aromatic carbocycles. The highest BCUT2D eigenvalue weighted by Gasteiger charge is 2.31. The fourth-order valence-corrected chi connectivity index (χ4v) is 1.51. The second-order valence-corrected chi connectivity index (χ2v) is 4.14. The summed E-state index contributed by atoms with van der Waals surface area (Å²) in [5.41, 5.74) is 0.401. The summed E-state index contributed by atoms with van der Waals surface area (Å²) in [4.78, 5) is 10.8. The van der Waals surface area contributed by atoms with Gasteiger partial charge in [-0.05, 0) is 18.3 Å². The van der Waals surface area contributed by atoms with Crippen molar-refractivity contribution in [2.45, 2.75) is 26.2 Å². The van der Waals surface area contributed by atoms with Crippen molar-refractivity contribution in [3.05, 3.63) is 0 Å². The van der Waals surface area contributed by atoms with Gasteiger partial charge >= 0.3 is 0 Å². The maximum atomic E-state index is 10.8. The van der Waals surface area contributed by atoms with E-state index in [1.807, 2.05) is 0 Å². The van der Waals surface area contributed by atoms with Gasteiger partial charge in [0.1, 0.15) is 0 Å². The zero-order valence-electron chi connectivity index (χ0n) is 6.82. The van der Waals surface area contributed by atoms with Crippen LogP contribution in [0.3, 0.4) is 0 Å². The number of rotatable bonds is 3. The minimum Gasteiger partial charge on any atom is -0.355 e. The summed E-state index contributed by atoms with van der Waals surface area (Å²) < 4.78 is 0. The Bertz CT molecular complexity index is 154. The van der Waals surface area contributed by atoms with E-state index in [9.17, 15) is 4.79 Å². The van der Waals surface area contributed by atoms with Crippen LogP contribution < -0.4 is 5.32 Å². The molecule has 0 heterocycles. The molecule has 1 saturated carbocycles. The second kappa shape index (κ2) is 3.57. The molecule has 1 N–H and O–H groups in total. The van der Waals surface area contributed by atoms with Gasteiger partial charge in [-0.25, -0.2) is 0 Å². The van der Waals surface area contributed by atoms with Crippen LogP contribution in [0.15, 0.2) is 0 Å². The number of nitrogens with one attached hydrogen (secondary N) is 1. The third kappa shape index (κ3) is 2.47. The summed E-state index contributed by atoms with van der Waals surface area (Å²) in [6.45, 7) is 3.07. The molecule has 0 atom stereocenters. The van der Waals surface area contributed by atoms with Crippen molar-refractivity contribution >= 4 is 21.8 Å². The molecule has 0 aromatic heterocycles. The number of hydrogen-bond donors (Lipinski definition) is 1. The quantitative estimate of drug-likeness (QED) is 0.720. The van der Waals surface area contributed by atoms with Crippen molar-refractivity contribution in [2.75, 3.05) is 11.9 Å². The molecule has 0 bridgehead atoms. The standard InChI is InChI=1S/C8H14BrNO/c1-8(3-2-4-8)6-10-7(11)5-9/h2-6H2,1H3,(H,10,11). The lowest BCUT2D eigenvalue weighted by Crippen LogP contribution is -2.40. The highest BCUT2D eigenvalue weighted by atomic mass is 79.9. The van der Waals surface area contributed by atoms with Crippen molar-refractivity contribution in [2.24, 2.45) is 5.41 Å². The van der Waals surface area contributed by atoms with Crippen molar-refractivity contribution in [3.8, 4) is 0 Å². The van der Waals surface area contributed by atoms with E-state index in [1.165, 1.54) is 19.3 Å². The van der Waals surface area contributed by atoms with Gasteiger partial charge in [-0.2, -0.15) is 0 Å². The fraction of sp³-hybridized carbons (Fsp3) is 0.875. The SMILES string of the molecule is CC1(CNC(=O)CBr)CCC1. The molecule has 0 aliphatic heterocycles. The van der Waals surface area contributed by atoms with Gasteiger partial charge in [-0.3, -0.25) is 4.79 Å². The summed E-state index contributed by atoms with van der Waals surface area (Å²) in [7, 11) is 0. The van der Waals surface area contributed by atoms with Crippen LogP contribution in [0.1, 0.15) is 26.2 Å². The lowest BCUT2D eigenvalue weighted by atomic mass is 9.70. The Labute approximate surface area is 75.9 Å². The molecule has 0 aromatic rings. The third-order valence-electron chi connectivity index (χ3n) is 2.39. The van der Waals surface area contributed by atoms with E-state index in [1.54, 1.807) is 0 Å². The van der Waals surface area contributed by atoms with E-state index in [0.717, 1.165) is 6.54 Å². The van der Waals surface area contributed by atoms with Crippen molar-refractivity contribution < 1.29 is 4.79 Å². The Hall–Kier alpha value is -0.0500. The lowest BCUT2D eigenvalue weighted by Gasteiger charge is -2.38. The maximum Gasteiger partial charge on any atom is 0.230 e. The van der Waals surface area contributed by atoms with Crippen molar-refractivity contribution in [1.29, 1.82) is 0 Å². The van der Waals surface area contributed by atoms with Gasteiger partial charge < -0.3 is 5.32 Å². The molecule has 11 heavy (non-hydrogen) atoms. The van der Waals surface area contributed by atoms with E-state index in [-0.39, 0.29) is 5.91 Å². The highest BCUT2D eigenvalue weighted by molar-refractivity contribution is 9.09. The van der Waals surface area contributed by atoms with Crippen LogP contribution in [0.2, 0.25) is 0 Å². The van der Waals surface area contributed by atoms with Crippen LogP contribution >= 0.6 is 15.9 Å². The molecule has 3 heteroatoms. The topological polar surface area (TPSA) is 29.1 Å². The van der Waals surface area contributed by atoms with E-state index in [4.69, 9.17) is 0 Å². The lowest BCUT2D eigenvalue weighted by molar-refractivity contribution is -0.119. The predicted molar refractivity (Wildman–Crippen MR) is 48.8 cm³/mol. The van der Waals surface area contributed by atoms with Gasteiger partial charge in [0.2, 0.25) is 5.91 Å². The first-order valence-corrected chi connectivity index (χ1v) is 5.11. The number of alkyl halides is 1. The zero-order chi connectivity index (χ0) is 8.32. The number of amides is 1. The predicted octanol–water partition coefficient (Wildman–Crippen LogP) is 1.69. The molecule has 1 rings (SSSR count). The number of halogens is 1. The van der Waals surface area contributed by atoms with Gasteiger partial charge in [-0.15, -0.1) is 0 Å². The van der Waals surface area contributed by atoms with Crippen LogP contribution in [0.4, 0.5) is 0 Å². The van der Waals surface area contributed by atoms with Gasteiger partial charge in [-0.1, -0.05) is 29.3 Å². The van der Waals surface area contributed by atoms with E-state index in [0.29, 0.717) is 10.7 Å². The van der Waals surface area contributed by atoms with Gasteiger partial charge in [0, 0.05) is 6.54 Å². The number of carbonyl (C=O) groups excluding carboxylic acids is 1. The summed E-state index contributed by atoms with van der Waals surface area (Å²) >= 11 is 3.11. The van der Waals surface area contributed by atoms with Gasteiger partial charge in [0.15, 0.2) is 0 Å². The molecular weight excluding hydrogens is 206 g/mol. The monoisotopic (exact) mass is 219 g/mol. The normalized spacial score (nSPS) is 20.5. The Kier molecular flexibility index (Phi) is 2.93. The first-order chi connectivity index (χ1) is 5.16. The van der Waals surface area contributed by atoms with Crippen LogP contribution in [0.5, 0.6) is 0 Å². The van der Waals surface area contributed by atoms with Gasteiger partial charge in [0.05, 0.1) is 5.33 Å². The molecule has 64 valence electrons. The molecular formula is C8H14BrNO. The molecule has 1 aliphatic rings. The average Bonchev–Trinajstić information content (AvgIpc) is 1.96. The van der Waals surface area contributed by atoms with Crippen LogP contribution in [0.25, 0.3) is 0 Å². The fourth-order valence-electron chi connectivity index (χ4n) is 1.32. The summed E-state index contributed by atoms with van der Waals surface area (Å²) in [5.74, 6) is 0.0955. The minimum atomic E-state index is 0.0955. The van der Waals surface area contributed by atoms with Gasteiger partial charge in [0.25, 0.3) is 0 Å². The van der Waals surface area contributed by atoms with E-state index >= 15 is 0 Å². The molecule has 0 saturated heterocycles. The van der Waals surface area contributed by atoms with Crippen LogP contribution in [-0.2, 0) is 4.79 Å². The first-order valence-electron chi connectivity index (χ1n) is 3.99. The molecule has 1 aliphatic carbocycles. The molecule has 0 spiro atoms. The Morgan fingerprint density at radius 3 is 2.64 bits per heavy atom. The molecule has 0 unspecified atom stereocenters. The van der Waals surface area contributed by atoms with E-state index in [2.05, 4.69) is 28.2 Å². The first kappa shape index (κ1) is 9.04. The van der Waals surface area contributed by atoms with Crippen LogP contribution in [0, 0.1) is 5.41 Å². The molecule has 2 nitrogen and oxygen atoms in total. The third-order valence-corrected chi connectivity index (χ3v) is 2.90. The number of carbonyl (C=O) groups is 1. The summed E-state index contributed by atoms with van der Waals surface area (Å²) in [6, 6.07) is 0. The Morgan fingerprint density at radius 1 is 1.64 bits per heavy atom. The highest BCUT2D eigenvalue weighted by Crippen LogP contribution is 2.39. The minimum absolute atomic E-state index is 0.0955. The number of hydrogen-bond acceptors (Lipinski definition) is 1. The van der Waals surface area contributed by atoms with Crippen molar-refractivity contribution in [1.82, 2.24) is 5.32 Å². The van der Waals surface area contributed by atoms with Crippen molar-refractivity contribution in [3.63, 3.8) is 0 Å². The Balaban J connectivity index is 2.16. The Morgan fingerprint density at radius 2 is 2.27 bits per heavy atom. The average molecular weight is 220 g/mol.